The molecule has 3 rings (SSSR count). The lowest BCUT2D eigenvalue weighted by atomic mass is 10.1. The zero-order valence-electron chi connectivity index (χ0n) is 14.1. The van der Waals surface area contributed by atoms with E-state index in [1.54, 1.807) is 36.5 Å². The normalized spacial score (nSPS) is 10.8. The Balaban J connectivity index is 1.76. The summed E-state index contributed by atoms with van der Waals surface area (Å²) in [4.78, 5) is 16.7. The van der Waals surface area contributed by atoms with Gasteiger partial charge in [-0.2, -0.15) is 0 Å². The summed E-state index contributed by atoms with van der Waals surface area (Å²) in [5.41, 5.74) is 3.61. The Morgan fingerprint density at radius 3 is 2.58 bits per heavy atom. The SMILES string of the molecule is Cc1cc(N=Cc2cc(Br)ccc2O)ccc1NC(=O)c1ccccc1. The number of nitrogens with zero attached hydrogens (tertiary/aromatic N) is 1. The maximum Gasteiger partial charge on any atom is 0.255 e. The first kappa shape index (κ1) is 17.9. The Kier molecular flexibility index (Phi) is 5.49. The van der Waals surface area contributed by atoms with Gasteiger partial charge in [0, 0.05) is 27.5 Å². The molecule has 0 heterocycles. The van der Waals surface area contributed by atoms with E-state index in [2.05, 4.69) is 26.2 Å². The summed E-state index contributed by atoms with van der Waals surface area (Å²) in [7, 11) is 0. The number of aromatic hydroxyl groups is 1. The van der Waals surface area contributed by atoms with E-state index in [1.807, 2.05) is 43.3 Å². The first-order valence-corrected chi connectivity index (χ1v) is 8.82. The highest BCUT2D eigenvalue weighted by Crippen LogP contribution is 2.24. The van der Waals surface area contributed by atoms with Crippen LogP contribution in [0.15, 0.2) is 76.2 Å². The number of anilines is 1. The quantitative estimate of drug-likeness (QED) is 0.562. The summed E-state index contributed by atoms with van der Waals surface area (Å²) < 4.78 is 0.868. The summed E-state index contributed by atoms with van der Waals surface area (Å²) in [6, 6.07) is 19.8. The number of carbonyl (C=O) groups excluding carboxylic acids is 1. The molecule has 0 spiro atoms. The number of rotatable bonds is 4. The predicted octanol–water partition coefficient (Wildman–Crippen LogP) is 5.47. The van der Waals surface area contributed by atoms with E-state index < -0.39 is 0 Å². The Morgan fingerprint density at radius 1 is 1.08 bits per heavy atom. The lowest BCUT2D eigenvalue weighted by Crippen LogP contribution is -2.12. The van der Waals surface area contributed by atoms with Gasteiger partial charge >= 0.3 is 0 Å². The van der Waals surface area contributed by atoms with Gasteiger partial charge < -0.3 is 10.4 Å². The van der Waals surface area contributed by atoms with Gasteiger partial charge in [0.25, 0.3) is 5.91 Å². The molecular formula is C21H17BrN2O2. The first-order chi connectivity index (χ1) is 12.5. The number of carbonyl (C=O) groups is 1. The van der Waals surface area contributed by atoms with Crippen LogP contribution in [0.5, 0.6) is 5.75 Å². The number of halogens is 1. The van der Waals surface area contributed by atoms with Crippen molar-refractivity contribution in [1.82, 2.24) is 0 Å². The van der Waals surface area contributed by atoms with Crippen molar-refractivity contribution in [3.63, 3.8) is 0 Å². The molecular weight excluding hydrogens is 392 g/mol. The van der Waals surface area contributed by atoms with E-state index in [0.29, 0.717) is 11.1 Å². The third kappa shape index (κ3) is 4.37. The van der Waals surface area contributed by atoms with Gasteiger partial charge in [-0.3, -0.25) is 9.79 Å². The summed E-state index contributed by atoms with van der Waals surface area (Å²) in [5, 5.41) is 12.8. The number of aryl methyl sites for hydroxylation is 1. The monoisotopic (exact) mass is 408 g/mol. The third-order valence-electron chi connectivity index (χ3n) is 3.84. The molecule has 0 saturated carbocycles. The first-order valence-electron chi connectivity index (χ1n) is 8.02. The molecule has 0 aliphatic carbocycles. The van der Waals surface area contributed by atoms with Gasteiger partial charge in [-0.25, -0.2) is 0 Å². The van der Waals surface area contributed by atoms with Crippen molar-refractivity contribution in [2.24, 2.45) is 4.99 Å². The summed E-state index contributed by atoms with van der Waals surface area (Å²) in [5.74, 6) is 0.0180. The minimum Gasteiger partial charge on any atom is -0.507 e. The molecule has 26 heavy (non-hydrogen) atoms. The predicted molar refractivity (Wildman–Crippen MR) is 109 cm³/mol. The molecule has 0 saturated heterocycles. The van der Waals surface area contributed by atoms with Crippen LogP contribution in [0.4, 0.5) is 11.4 Å². The van der Waals surface area contributed by atoms with Gasteiger partial charge in [0.2, 0.25) is 0 Å². The van der Waals surface area contributed by atoms with Gasteiger partial charge in [0.1, 0.15) is 5.75 Å². The number of hydrogen-bond acceptors (Lipinski definition) is 3. The van der Waals surface area contributed by atoms with Crippen molar-refractivity contribution >= 4 is 39.4 Å². The van der Waals surface area contributed by atoms with Gasteiger partial charge in [-0.05, 0) is 61.0 Å². The van der Waals surface area contributed by atoms with Gasteiger partial charge in [0.05, 0.1) is 5.69 Å². The Morgan fingerprint density at radius 2 is 1.85 bits per heavy atom. The van der Waals surface area contributed by atoms with Crippen molar-refractivity contribution in [3.8, 4) is 5.75 Å². The second-order valence-electron chi connectivity index (χ2n) is 5.78. The molecule has 0 atom stereocenters. The molecule has 5 heteroatoms. The number of aliphatic imine (C=N–C) groups is 1. The highest BCUT2D eigenvalue weighted by atomic mass is 79.9. The molecule has 0 aromatic heterocycles. The van der Waals surface area contributed by atoms with E-state index in [4.69, 9.17) is 0 Å². The minimum absolute atomic E-state index is 0.149. The second-order valence-corrected chi connectivity index (χ2v) is 6.70. The number of hydrogen-bond donors (Lipinski definition) is 2. The van der Waals surface area contributed by atoms with Crippen LogP contribution in [-0.4, -0.2) is 17.2 Å². The lowest BCUT2D eigenvalue weighted by molar-refractivity contribution is 0.102. The standard InChI is InChI=1S/C21H17BrN2O2/c1-14-11-18(23-13-16-12-17(22)7-10-20(16)25)8-9-19(14)24-21(26)15-5-3-2-4-6-15/h2-13,25H,1H3,(H,24,26). The second kappa shape index (κ2) is 7.97. The molecule has 0 aliphatic rings. The zero-order valence-corrected chi connectivity index (χ0v) is 15.7. The fourth-order valence-electron chi connectivity index (χ4n) is 2.43. The number of phenols is 1. The van der Waals surface area contributed by atoms with E-state index in [-0.39, 0.29) is 11.7 Å². The summed E-state index contributed by atoms with van der Waals surface area (Å²) >= 11 is 3.37. The summed E-state index contributed by atoms with van der Waals surface area (Å²) in [6.07, 6.45) is 1.61. The highest BCUT2D eigenvalue weighted by molar-refractivity contribution is 9.10. The number of amides is 1. The molecule has 0 bridgehead atoms. The van der Waals surface area contributed by atoms with Crippen molar-refractivity contribution < 1.29 is 9.90 Å². The van der Waals surface area contributed by atoms with Gasteiger partial charge in [0.15, 0.2) is 0 Å². The third-order valence-corrected chi connectivity index (χ3v) is 4.33. The van der Waals surface area contributed by atoms with Crippen LogP contribution >= 0.6 is 15.9 Å². The zero-order chi connectivity index (χ0) is 18.5. The number of benzene rings is 3. The van der Waals surface area contributed by atoms with Crippen LogP contribution in [0.2, 0.25) is 0 Å². The van der Waals surface area contributed by atoms with Crippen molar-refractivity contribution in [1.29, 1.82) is 0 Å². The molecule has 3 aromatic rings. The van der Waals surface area contributed by atoms with Crippen LogP contribution in [0.25, 0.3) is 0 Å². The fourth-order valence-corrected chi connectivity index (χ4v) is 2.80. The topological polar surface area (TPSA) is 61.7 Å². The maximum absolute atomic E-state index is 12.3. The largest absolute Gasteiger partial charge is 0.507 e. The molecule has 0 unspecified atom stereocenters. The molecule has 2 N–H and O–H groups in total. The Hall–Kier alpha value is -2.92. The molecule has 0 aliphatic heterocycles. The Labute approximate surface area is 160 Å². The maximum atomic E-state index is 12.3. The van der Waals surface area contributed by atoms with Crippen LogP contribution in [-0.2, 0) is 0 Å². The van der Waals surface area contributed by atoms with Crippen LogP contribution in [0, 0.1) is 6.92 Å². The molecule has 0 fully saturated rings. The minimum atomic E-state index is -0.149. The van der Waals surface area contributed by atoms with Crippen LogP contribution in [0.3, 0.4) is 0 Å². The number of nitrogens with one attached hydrogen (secondary N) is 1. The molecule has 0 radical (unpaired) electrons. The average Bonchev–Trinajstić information content (AvgIpc) is 2.65. The smallest absolute Gasteiger partial charge is 0.255 e. The molecule has 130 valence electrons. The molecule has 3 aromatic carbocycles. The van der Waals surface area contributed by atoms with Gasteiger partial charge in [-0.1, -0.05) is 34.1 Å². The average molecular weight is 409 g/mol. The molecule has 4 nitrogen and oxygen atoms in total. The van der Waals surface area contributed by atoms with E-state index in [1.165, 1.54) is 0 Å². The van der Waals surface area contributed by atoms with Crippen molar-refractivity contribution in [2.75, 3.05) is 5.32 Å². The van der Waals surface area contributed by atoms with Gasteiger partial charge in [-0.15, -0.1) is 0 Å². The van der Waals surface area contributed by atoms with E-state index in [9.17, 15) is 9.90 Å². The fraction of sp³-hybridized carbons (Fsp3) is 0.0476. The van der Waals surface area contributed by atoms with E-state index in [0.717, 1.165) is 21.4 Å². The molecule has 1 amide bonds. The number of phenolic OH excluding ortho intramolecular Hbond substituents is 1. The van der Waals surface area contributed by atoms with Crippen LogP contribution in [0.1, 0.15) is 21.5 Å². The van der Waals surface area contributed by atoms with Crippen LogP contribution < -0.4 is 5.32 Å². The lowest BCUT2D eigenvalue weighted by Gasteiger charge is -2.09. The van der Waals surface area contributed by atoms with Crippen molar-refractivity contribution in [3.05, 3.63) is 87.9 Å². The van der Waals surface area contributed by atoms with E-state index >= 15 is 0 Å². The summed E-state index contributed by atoms with van der Waals surface area (Å²) in [6.45, 7) is 1.91. The Bertz CT molecular complexity index is 969. The van der Waals surface area contributed by atoms with Crippen molar-refractivity contribution in [2.45, 2.75) is 6.92 Å². The highest BCUT2D eigenvalue weighted by Gasteiger charge is 2.07.